The van der Waals surface area contributed by atoms with Gasteiger partial charge in [0.2, 0.25) is 0 Å². The van der Waals surface area contributed by atoms with Crippen molar-refractivity contribution >= 4 is 48.7 Å². The van der Waals surface area contributed by atoms with Crippen molar-refractivity contribution < 1.29 is 0 Å². The molecule has 1 aliphatic heterocycles. The molecule has 2 nitrogen and oxygen atoms in total. The molecule has 0 aliphatic carbocycles. The van der Waals surface area contributed by atoms with Gasteiger partial charge in [0.25, 0.3) is 0 Å². The van der Waals surface area contributed by atoms with Crippen LogP contribution in [-0.2, 0) is 5.41 Å². The average Bonchev–Trinajstić information content (AvgIpc) is 3.56. The Hall–Kier alpha value is -2.95. The van der Waals surface area contributed by atoms with E-state index in [9.17, 15) is 0 Å². The molecule has 33 heavy (non-hydrogen) atoms. The van der Waals surface area contributed by atoms with Gasteiger partial charge >= 0.3 is 0 Å². The predicted octanol–water partition coefficient (Wildman–Crippen LogP) is 8.10. The van der Waals surface area contributed by atoms with Crippen LogP contribution in [0.2, 0.25) is 0 Å². The van der Waals surface area contributed by atoms with E-state index >= 15 is 0 Å². The first-order valence-corrected chi connectivity index (χ1v) is 13.1. The molecule has 5 aromatic rings. The summed E-state index contributed by atoms with van der Waals surface area (Å²) >= 11 is 3.68. The summed E-state index contributed by atoms with van der Waals surface area (Å²) in [4.78, 5) is 6.07. The van der Waals surface area contributed by atoms with Gasteiger partial charge in [0.1, 0.15) is 5.84 Å². The smallest absolute Gasteiger partial charge is 0.139 e. The van der Waals surface area contributed by atoms with Crippen LogP contribution in [0, 0.1) is 0 Å². The van der Waals surface area contributed by atoms with E-state index in [0.717, 1.165) is 18.9 Å². The molecule has 0 radical (unpaired) electrons. The van der Waals surface area contributed by atoms with Crippen molar-refractivity contribution in [2.45, 2.75) is 26.2 Å². The first-order valence-electron chi connectivity index (χ1n) is 11.4. The van der Waals surface area contributed by atoms with Crippen molar-refractivity contribution in [2.24, 2.45) is 4.99 Å². The molecule has 3 heterocycles. The lowest BCUT2D eigenvalue weighted by Gasteiger charge is -2.19. The topological polar surface area (TPSA) is 24.4 Å². The second kappa shape index (κ2) is 7.82. The molecule has 0 bridgehead atoms. The van der Waals surface area contributed by atoms with E-state index in [1.54, 1.807) is 0 Å². The summed E-state index contributed by atoms with van der Waals surface area (Å²) in [5.41, 5.74) is 6.69. The fourth-order valence-electron chi connectivity index (χ4n) is 4.68. The maximum Gasteiger partial charge on any atom is 0.139 e. The Bertz CT molecular complexity index is 1510. The minimum absolute atomic E-state index is 0.146. The van der Waals surface area contributed by atoms with Crippen molar-refractivity contribution in [3.8, 4) is 22.3 Å². The van der Waals surface area contributed by atoms with Gasteiger partial charge in [0.05, 0.1) is 11.4 Å². The minimum atomic E-state index is 0.146. The Labute approximate surface area is 202 Å². The lowest BCUT2D eigenvalue weighted by atomic mass is 9.86. The quantitative estimate of drug-likeness (QED) is 0.285. The summed E-state index contributed by atoms with van der Waals surface area (Å²) in [7, 11) is 0. The Kier molecular flexibility index (Phi) is 4.89. The molecule has 3 aromatic carbocycles. The van der Waals surface area contributed by atoms with Crippen molar-refractivity contribution in [1.82, 2.24) is 5.32 Å². The maximum atomic E-state index is 4.81. The molecule has 0 fully saturated rings. The Balaban J connectivity index is 1.65. The number of rotatable bonds is 3. The van der Waals surface area contributed by atoms with Gasteiger partial charge < -0.3 is 5.32 Å². The summed E-state index contributed by atoms with van der Waals surface area (Å²) in [6, 6.07) is 24.6. The van der Waals surface area contributed by atoms with Gasteiger partial charge in [-0.3, -0.25) is 4.99 Å². The first kappa shape index (κ1) is 20.6. The summed E-state index contributed by atoms with van der Waals surface area (Å²) < 4.78 is 2.63. The molecular formula is C29H26N2S2. The number of hydrogen-bond donors (Lipinski definition) is 1. The largest absolute Gasteiger partial charge is 0.367 e. The molecule has 0 unspecified atom stereocenters. The van der Waals surface area contributed by atoms with Crippen LogP contribution in [0.3, 0.4) is 0 Å². The standard InChI is InChI=1S/C29H26N2S2/c1-29(2,3)19-13-11-18(12-14-19)20-8-6-10-24-25(20)26(27(33-24)28-30-15-16-31-28)22-17-32-23-9-5-4-7-21(22)23/h4-14,17H,15-16H2,1-3H3,(H,30,31). The number of nitrogens with one attached hydrogen (secondary N) is 1. The monoisotopic (exact) mass is 466 g/mol. The van der Waals surface area contributed by atoms with E-state index in [2.05, 4.69) is 98.2 Å². The van der Waals surface area contributed by atoms with Crippen LogP contribution in [0.1, 0.15) is 31.2 Å². The zero-order valence-electron chi connectivity index (χ0n) is 19.1. The highest BCUT2D eigenvalue weighted by Crippen LogP contribution is 2.47. The fraction of sp³-hybridized carbons (Fsp3) is 0.207. The number of hydrogen-bond acceptors (Lipinski definition) is 4. The van der Waals surface area contributed by atoms with Crippen LogP contribution in [-0.4, -0.2) is 18.9 Å². The molecule has 6 rings (SSSR count). The Morgan fingerprint density at radius 3 is 2.39 bits per heavy atom. The highest BCUT2D eigenvalue weighted by Gasteiger charge is 2.24. The van der Waals surface area contributed by atoms with E-state index in [1.165, 1.54) is 52.9 Å². The van der Waals surface area contributed by atoms with Crippen LogP contribution < -0.4 is 5.32 Å². The van der Waals surface area contributed by atoms with Crippen LogP contribution in [0.4, 0.5) is 0 Å². The number of nitrogens with zero attached hydrogens (tertiary/aromatic N) is 1. The summed E-state index contributed by atoms with van der Waals surface area (Å²) in [6.45, 7) is 8.55. The van der Waals surface area contributed by atoms with Crippen LogP contribution in [0.25, 0.3) is 42.4 Å². The van der Waals surface area contributed by atoms with E-state index < -0.39 is 0 Å². The van der Waals surface area contributed by atoms with Crippen LogP contribution in [0.5, 0.6) is 0 Å². The van der Waals surface area contributed by atoms with Crippen molar-refractivity contribution in [2.75, 3.05) is 13.1 Å². The zero-order valence-corrected chi connectivity index (χ0v) is 20.7. The lowest BCUT2D eigenvalue weighted by Crippen LogP contribution is -2.18. The molecule has 4 heteroatoms. The summed E-state index contributed by atoms with van der Waals surface area (Å²) in [5.74, 6) is 1.04. The summed E-state index contributed by atoms with van der Waals surface area (Å²) in [6.07, 6.45) is 0. The van der Waals surface area contributed by atoms with E-state index in [0.29, 0.717) is 0 Å². The molecule has 164 valence electrons. The molecule has 0 spiro atoms. The van der Waals surface area contributed by atoms with E-state index in [1.807, 2.05) is 22.7 Å². The molecule has 2 aromatic heterocycles. The van der Waals surface area contributed by atoms with Gasteiger partial charge in [0, 0.05) is 37.8 Å². The maximum absolute atomic E-state index is 4.81. The third kappa shape index (κ3) is 3.49. The molecule has 1 aliphatic rings. The SMILES string of the molecule is CC(C)(C)c1ccc(-c2cccc3sc(C4=NCCN4)c(-c4csc5ccccc45)c23)cc1. The van der Waals surface area contributed by atoms with Gasteiger partial charge in [-0.1, -0.05) is 75.4 Å². The molecule has 0 saturated carbocycles. The fourth-order valence-corrected chi connectivity index (χ4v) is 6.86. The molecule has 0 atom stereocenters. The van der Waals surface area contributed by atoms with Crippen LogP contribution in [0.15, 0.2) is 77.1 Å². The number of aliphatic imine (C=N–C) groups is 1. The normalized spacial score (nSPS) is 14.1. The van der Waals surface area contributed by atoms with E-state index in [-0.39, 0.29) is 5.41 Å². The highest BCUT2D eigenvalue weighted by atomic mass is 32.1. The molecular weight excluding hydrogens is 440 g/mol. The van der Waals surface area contributed by atoms with Crippen molar-refractivity contribution in [1.29, 1.82) is 0 Å². The van der Waals surface area contributed by atoms with Gasteiger partial charge in [0.15, 0.2) is 0 Å². The first-order chi connectivity index (χ1) is 16.0. The minimum Gasteiger partial charge on any atom is -0.367 e. The zero-order chi connectivity index (χ0) is 22.6. The van der Waals surface area contributed by atoms with Gasteiger partial charge in [-0.05, 0) is 39.6 Å². The van der Waals surface area contributed by atoms with E-state index in [4.69, 9.17) is 4.99 Å². The third-order valence-electron chi connectivity index (χ3n) is 6.42. The Morgan fingerprint density at radius 1 is 0.848 bits per heavy atom. The second-order valence-electron chi connectivity index (χ2n) is 9.61. The number of fused-ring (bicyclic) bond motifs is 2. The average molecular weight is 467 g/mol. The van der Waals surface area contributed by atoms with Gasteiger partial charge in [-0.2, -0.15) is 0 Å². The van der Waals surface area contributed by atoms with Crippen molar-refractivity contribution in [3.05, 3.63) is 82.6 Å². The number of benzene rings is 3. The third-order valence-corrected chi connectivity index (χ3v) is 8.54. The highest BCUT2D eigenvalue weighted by molar-refractivity contribution is 7.22. The van der Waals surface area contributed by atoms with Gasteiger partial charge in [-0.25, -0.2) is 0 Å². The molecule has 0 saturated heterocycles. The molecule has 0 amide bonds. The lowest BCUT2D eigenvalue weighted by molar-refractivity contribution is 0.590. The number of amidine groups is 1. The predicted molar refractivity (Wildman–Crippen MR) is 146 cm³/mol. The molecule has 1 N–H and O–H groups in total. The summed E-state index contributed by atoms with van der Waals surface area (Å²) in [5, 5.41) is 8.51. The Morgan fingerprint density at radius 2 is 1.64 bits per heavy atom. The van der Waals surface area contributed by atoms with Gasteiger partial charge in [-0.15, -0.1) is 22.7 Å². The van der Waals surface area contributed by atoms with Crippen molar-refractivity contribution in [3.63, 3.8) is 0 Å². The second-order valence-corrected chi connectivity index (χ2v) is 11.6. The number of thiophene rings is 2. The van der Waals surface area contributed by atoms with Crippen LogP contribution >= 0.6 is 22.7 Å².